The van der Waals surface area contributed by atoms with Crippen LogP contribution in [0, 0.1) is 6.92 Å². The lowest BCUT2D eigenvalue weighted by molar-refractivity contribution is 0.0269. The number of amides is 1. The van der Waals surface area contributed by atoms with E-state index in [0.29, 0.717) is 11.1 Å². The lowest BCUT2D eigenvalue weighted by Crippen LogP contribution is -2.41. The fraction of sp³-hybridized carbons (Fsp3) is 0.333. The van der Waals surface area contributed by atoms with Crippen LogP contribution in [0.5, 0.6) is 0 Å². The van der Waals surface area contributed by atoms with Gasteiger partial charge in [0.25, 0.3) is 5.91 Å². The van der Waals surface area contributed by atoms with Crippen LogP contribution in [-0.4, -0.2) is 43.9 Å². The Morgan fingerprint density at radius 1 is 1.24 bits per heavy atom. The maximum absolute atomic E-state index is 13.0. The molecule has 33 heavy (non-hydrogen) atoms. The average Bonchev–Trinajstić information content (AvgIpc) is 3.41. The number of carbonyl (C=O) groups is 2. The van der Waals surface area contributed by atoms with E-state index in [2.05, 4.69) is 15.4 Å². The van der Waals surface area contributed by atoms with Gasteiger partial charge in [0.15, 0.2) is 0 Å². The largest absolute Gasteiger partial charge is 0.478 e. The number of carboxylic acids is 1. The number of carboxylic acid groups (broad SMARTS) is 1. The monoisotopic (exact) mass is 449 g/mol. The molecule has 1 saturated carbocycles. The minimum atomic E-state index is -0.958. The summed E-state index contributed by atoms with van der Waals surface area (Å²) < 4.78 is 7.79. The van der Waals surface area contributed by atoms with Crippen molar-refractivity contribution in [3.8, 4) is 11.1 Å². The summed E-state index contributed by atoms with van der Waals surface area (Å²) in [6.07, 6.45) is 7.53. The molecule has 9 heteroatoms. The van der Waals surface area contributed by atoms with Gasteiger partial charge >= 0.3 is 5.97 Å². The molecule has 0 bridgehead atoms. The zero-order chi connectivity index (χ0) is 23.5. The van der Waals surface area contributed by atoms with Crippen LogP contribution in [0.3, 0.4) is 0 Å². The summed E-state index contributed by atoms with van der Waals surface area (Å²) >= 11 is 0. The molecule has 3 aromatic rings. The molecule has 1 amide bonds. The van der Waals surface area contributed by atoms with E-state index in [-0.39, 0.29) is 36.0 Å². The number of aryl methyl sites for hydroxylation is 1. The van der Waals surface area contributed by atoms with Gasteiger partial charge in [0.2, 0.25) is 0 Å². The van der Waals surface area contributed by atoms with Gasteiger partial charge in [0.05, 0.1) is 36.1 Å². The van der Waals surface area contributed by atoms with Gasteiger partial charge in [0, 0.05) is 30.6 Å². The highest BCUT2D eigenvalue weighted by Crippen LogP contribution is 2.26. The number of nitrogens with zero attached hydrogens (tertiary/aromatic N) is 3. The Labute approximate surface area is 191 Å². The fourth-order valence-corrected chi connectivity index (χ4v) is 4.19. The van der Waals surface area contributed by atoms with Gasteiger partial charge in [-0.1, -0.05) is 12.1 Å². The van der Waals surface area contributed by atoms with Gasteiger partial charge in [0.1, 0.15) is 5.82 Å². The Bertz CT molecular complexity index is 1190. The fourth-order valence-electron chi connectivity index (χ4n) is 4.19. The molecular weight excluding hydrogens is 422 g/mol. The van der Waals surface area contributed by atoms with E-state index in [9.17, 15) is 14.7 Å². The SMILES string of the molecule is Cc1c(CO[C@H]2CCC[C@@H]2NC(=O)c2cc(-c3cnn(C)c3)cnc2N)cccc1C(=O)O. The van der Waals surface area contributed by atoms with Gasteiger partial charge in [-0.3, -0.25) is 9.48 Å². The van der Waals surface area contributed by atoms with Crippen molar-refractivity contribution in [3.63, 3.8) is 0 Å². The molecule has 1 aromatic carbocycles. The first kappa shape index (κ1) is 22.5. The van der Waals surface area contributed by atoms with E-state index in [0.717, 1.165) is 36.0 Å². The molecule has 2 atom stereocenters. The highest BCUT2D eigenvalue weighted by molar-refractivity contribution is 5.99. The van der Waals surface area contributed by atoms with Gasteiger partial charge in [-0.2, -0.15) is 5.10 Å². The molecule has 0 aliphatic heterocycles. The summed E-state index contributed by atoms with van der Waals surface area (Å²) in [6.45, 7) is 2.06. The number of pyridine rings is 1. The lowest BCUT2D eigenvalue weighted by Gasteiger charge is -2.22. The average molecular weight is 450 g/mol. The van der Waals surface area contributed by atoms with Crippen LogP contribution in [0.25, 0.3) is 11.1 Å². The predicted molar refractivity (Wildman–Crippen MR) is 123 cm³/mol. The third-order valence-corrected chi connectivity index (χ3v) is 6.10. The Kier molecular flexibility index (Phi) is 6.41. The standard InChI is InChI=1S/C24H27N5O4/c1-14-15(5-3-6-18(14)24(31)32)13-33-21-8-4-7-20(21)28-23(30)19-9-16(10-26-22(19)25)17-11-27-29(2)12-17/h3,5-6,9-12,20-21H,4,7-8,13H2,1-2H3,(H2,25,26)(H,28,30)(H,31,32)/t20-,21-/m0/s1. The Morgan fingerprint density at radius 3 is 2.79 bits per heavy atom. The molecular formula is C24H27N5O4. The van der Waals surface area contributed by atoms with Gasteiger partial charge in [-0.25, -0.2) is 9.78 Å². The first-order valence-corrected chi connectivity index (χ1v) is 10.8. The number of nitrogens with one attached hydrogen (secondary N) is 1. The number of hydrogen-bond acceptors (Lipinski definition) is 6. The van der Waals surface area contributed by atoms with E-state index in [1.165, 1.54) is 0 Å². The number of ether oxygens (including phenoxy) is 1. The molecule has 2 aromatic heterocycles. The summed E-state index contributed by atoms with van der Waals surface area (Å²) in [5, 5.41) is 16.5. The molecule has 9 nitrogen and oxygen atoms in total. The Balaban J connectivity index is 1.44. The zero-order valence-corrected chi connectivity index (χ0v) is 18.6. The molecule has 1 aliphatic carbocycles. The van der Waals surface area contributed by atoms with Crippen molar-refractivity contribution < 1.29 is 19.4 Å². The molecule has 0 unspecified atom stereocenters. The van der Waals surface area contributed by atoms with Gasteiger partial charge in [-0.05, 0) is 49.4 Å². The lowest BCUT2D eigenvalue weighted by atomic mass is 10.0. The van der Waals surface area contributed by atoms with Crippen molar-refractivity contribution in [1.82, 2.24) is 20.1 Å². The van der Waals surface area contributed by atoms with Crippen LogP contribution < -0.4 is 11.1 Å². The molecule has 0 spiro atoms. The second-order valence-corrected chi connectivity index (χ2v) is 8.31. The van der Waals surface area contributed by atoms with E-state index >= 15 is 0 Å². The van der Waals surface area contributed by atoms with E-state index in [1.807, 2.05) is 19.3 Å². The van der Waals surface area contributed by atoms with Crippen LogP contribution in [-0.2, 0) is 18.4 Å². The number of benzene rings is 1. The first-order valence-electron chi connectivity index (χ1n) is 10.8. The van der Waals surface area contributed by atoms with Crippen molar-refractivity contribution in [3.05, 3.63) is 65.1 Å². The van der Waals surface area contributed by atoms with Crippen LogP contribution in [0.1, 0.15) is 51.1 Å². The number of nitrogens with two attached hydrogens (primary N) is 1. The number of hydrogen-bond donors (Lipinski definition) is 3. The highest BCUT2D eigenvalue weighted by Gasteiger charge is 2.30. The number of anilines is 1. The summed E-state index contributed by atoms with van der Waals surface area (Å²) in [4.78, 5) is 28.6. The van der Waals surface area contributed by atoms with Crippen molar-refractivity contribution in [2.75, 3.05) is 5.73 Å². The quantitative estimate of drug-likeness (QED) is 0.505. The molecule has 1 aliphatic rings. The van der Waals surface area contributed by atoms with Crippen molar-refractivity contribution in [2.45, 2.75) is 44.9 Å². The van der Waals surface area contributed by atoms with E-state index in [1.54, 1.807) is 42.2 Å². The molecule has 0 saturated heterocycles. The Morgan fingerprint density at radius 2 is 2.06 bits per heavy atom. The van der Waals surface area contributed by atoms with Crippen LogP contribution in [0.2, 0.25) is 0 Å². The topological polar surface area (TPSA) is 132 Å². The van der Waals surface area contributed by atoms with Crippen LogP contribution >= 0.6 is 0 Å². The number of nitrogen functional groups attached to an aromatic ring is 1. The molecule has 1 fully saturated rings. The van der Waals surface area contributed by atoms with E-state index in [4.69, 9.17) is 10.5 Å². The number of aromatic nitrogens is 3. The molecule has 4 rings (SSSR count). The second kappa shape index (κ2) is 9.41. The normalized spacial score (nSPS) is 17.8. The van der Waals surface area contributed by atoms with Crippen LogP contribution in [0.15, 0.2) is 42.9 Å². The minimum Gasteiger partial charge on any atom is -0.478 e. The maximum atomic E-state index is 13.0. The predicted octanol–water partition coefficient (Wildman–Crippen LogP) is 2.94. The van der Waals surface area contributed by atoms with Crippen molar-refractivity contribution >= 4 is 17.7 Å². The van der Waals surface area contributed by atoms with Crippen molar-refractivity contribution in [1.29, 1.82) is 0 Å². The molecule has 172 valence electrons. The molecule has 4 N–H and O–H groups in total. The number of carbonyl (C=O) groups excluding carboxylic acids is 1. The Hall–Kier alpha value is -3.72. The summed E-state index contributed by atoms with van der Waals surface area (Å²) in [7, 11) is 1.82. The summed E-state index contributed by atoms with van der Waals surface area (Å²) in [5.74, 6) is -1.09. The minimum absolute atomic E-state index is 0.164. The summed E-state index contributed by atoms with van der Waals surface area (Å²) in [6, 6.07) is 6.72. The summed E-state index contributed by atoms with van der Waals surface area (Å²) in [5.41, 5.74) is 9.70. The molecule has 0 radical (unpaired) electrons. The third-order valence-electron chi connectivity index (χ3n) is 6.10. The molecule has 2 heterocycles. The maximum Gasteiger partial charge on any atom is 0.335 e. The third kappa shape index (κ3) is 4.88. The second-order valence-electron chi connectivity index (χ2n) is 8.31. The number of rotatable bonds is 7. The van der Waals surface area contributed by atoms with Gasteiger partial charge in [-0.15, -0.1) is 0 Å². The number of aromatic carboxylic acids is 1. The van der Waals surface area contributed by atoms with Crippen molar-refractivity contribution in [2.24, 2.45) is 7.05 Å². The smallest absolute Gasteiger partial charge is 0.335 e. The van der Waals surface area contributed by atoms with E-state index < -0.39 is 5.97 Å². The highest BCUT2D eigenvalue weighted by atomic mass is 16.5. The van der Waals surface area contributed by atoms with Crippen LogP contribution in [0.4, 0.5) is 5.82 Å². The zero-order valence-electron chi connectivity index (χ0n) is 18.6. The first-order chi connectivity index (χ1) is 15.8. The van der Waals surface area contributed by atoms with Gasteiger partial charge < -0.3 is 20.9 Å².